The Labute approximate surface area is 162 Å². The molecular weight excluding hydrogens is 331 g/mol. The highest BCUT2D eigenvalue weighted by Gasteiger charge is 2.54. The second-order valence-electron chi connectivity index (χ2n) is 8.64. The van der Waals surface area contributed by atoms with Gasteiger partial charge in [0.1, 0.15) is 5.72 Å². The lowest BCUT2D eigenvalue weighted by molar-refractivity contribution is 0.0361. The molecule has 0 spiro atoms. The van der Waals surface area contributed by atoms with E-state index in [9.17, 15) is 5.11 Å². The smallest absolute Gasteiger partial charge is 0.113 e. The Bertz CT molecular complexity index is 961. The highest BCUT2D eigenvalue weighted by atomic mass is 16.3. The molecule has 27 heavy (non-hydrogen) atoms. The molecule has 2 aromatic carbocycles. The molecule has 3 atom stereocenters. The molecule has 3 N–H and O–H groups in total. The van der Waals surface area contributed by atoms with Crippen LogP contribution in [0, 0.1) is 0 Å². The van der Waals surface area contributed by atoms with E-state index in [1.807, 2.05) is 6.92 Å². The van der Waals surface area contributed by atoms with Gasteiger partial charge in [-0.2, -0.15) is 0 Å². The van der Waals surface area contributed by atoms with Gasteiger partial charge in [-0.15, -0.1) is 0 Å². The van der Waals surface area contributed by atoms with Crippen LogP contribution in [0.2, 0.25) is 0 Å². The van der Waals surface area contributed by atoms with Gasteiger partial charge < -0.3 is 10.1 Å². The van der Waals surface area contributed by atoms with Gasteiger partial charge in [-0.3, -0.25) is 5.32 Å². The lowest BCUT2D eigenvalue weighted by Crippen LogP contribution is -2.53. The van der Waals surface area contributed by atoms with Gasteiger partial charge in [0, 0.05) is 22.5 Å². The zero-order valence-electron chi connectivity index (χ0n) is 16.3. The highest BCUT2D eigenvalue weighted by molar-refractivity contribution is 6.17. The van der Waals surface area contributed by atoms with E-state index in [1.165, 1.54) is 22.1 Å². The molecule has 1 aliphatic rings. The second-order valence-corrected chi connectivity index (χ2v) is 8.64. The minimum Gasteiger partial charge on any atom is -0.376 e. The predicted octanol–water partition coefficient (Wildman–Crippen LogP) is 3.80. The van der Waals surface area contributed by atoms with Crippen molar-refractivity contribution in [2.45, 2.75) is 56.6 Å². The van der Waals surface area contributed by atoms with Crippen molar-refractivity contribution >= 4 is 18.7 Å². The normalized spacial score (nSPS) is 30.8. The SMILES string of the molecule is [B]C1(C)NC(C)(O)CC1(C)c1c[nH]c2cccc(CCc3ccccc3)c12. The second kappa shape index (κ2) is 6.25. The van der Waals surface area contributed by atoms with E-state index in [2.05, 4.69) is 72.0 Å². The van der Waals surface area contributed by atoms with Gasteiger partial charge in [-0.05, 0) is 54.4 Å². The summed E-state index contributed by atoms with van der Waals surface area (Å²) in [6.07, 6.45) is 4.60. The summed E-state index contributed by atoms with van der Waals surface area (Å²) in [5.41, 5.74) is 2.87. The number of hydrogen-bond acceptors (Lipinski definition) is 2. The Balaban J connectivity index is 1.77. The Morgan fingerprint density at radius 3 is 2.41 bits per heavy atom. The fraction of sp³-hybridized carbons (Fsp3) is 0.391. The van der Waals surface area contributed by atoms with Crippen LogP contribution in [-0.4, -0.2) is 29.1 Å². The van der Waals surface area contributed by atoms with Crippen LogP contribution >= 0.6 is 0 Å². The van der Waals surface area contributed by atoms with Crippen LogP contribution in [0.5, 0.6) is 0 Å². The van der Waals surface area contributed by atoms with Gasteiger partial charge in [-0.1, -0.05) is 56.3 Å². The molecule has 138 valence electrons. The summed E-state index contributed by atoms with van der Waals surface area (Å²) in [5.74, 6) is 0. The number of H-pyrrole nitrogens is 1. The molecule has 3 nitrogen and oxygen atoms in total. The summed E-state index contributed by atoms with van der Waals surface area (Å²) in [4.78, 5) is 3.43. The van der Waals surface area contributed by atoms with Crippen LogP contribution in [0.3, 0.4) is 0 Å². The van der Waals surface area contributed by atoms with Crippen LogP contribution in [0.1, 0.15) is 43.9 Å². The topological polar surface area (TPSA) is 48.0 Å². The van der Waals surface area contributed by atoms with E-state index in [1.54, 1.807) is 6.92 Å². The van der Waals surface area contributed by atoms with Crippen molar-refractivity contribution in [2.75, 3.05) is 0 Å². The molecule has 0 saturated carbocycles. The van der Waals surface area contributed by atoms with Crippen molar-refractivity contribution in [3.8, 4) is 0 Å². The standard InChI is InChI=1S/C23H27BN2O/c1-21(15-22(2,27)26-23(21,3)24)18-14-25-19-11-7-10-17(20(18)19)13-12-16-8-5-4-6-9-16/h4-11,14,25-27H,12-13,15H2,1-3H3. The monoisotopic (exact) mass is 358 g/mol. The van der Waals surface area contributed by atoms with E-state index in [4.69, 9.17) is 7.85 Å². The van der Waals surface area contributed by atoms with E-state index in [-0.39, 0.29) is 0 Å². The number of rotatable bonds is 4. The van der Waals surface area contributed by atoms with Gasteiger partial charge in [0.05, 0.1) is 7.85 Å². The van der Waals surface area contributed by atoms with Crippen molar-refractivity contribution in [2.24, 2.45) is 0 Å². The number of hydrogen-bond donors (Lipinski definition) is 3. The van der Waals surface area contributed by atoms with Crippen LogP contribution < -0.4 is 5.32 Å². The Morgan fingerprint density at radius 1 is 1.00 bits per heavy atom. The van der Waals surface area contributed by atoms with Crippen molar-refractivity contribution in [3.63, 3.8) is 0 Å². The van der Waals surface area contributed by atoms with Crippen molar-refractivity contribution < 1.29 is 5.11 Å². The van der Waals surface area contributed by atoms with Gasteiger partial charge >= 0.3 is 0 Å². The summed E-state index contributed by atoms with van der Waals surface area (Å²) in [6, 6.07) is 17.0. The van der Waals surface area contributed by atoms with Gasteiger partial charge in [0.25, 0.3) is 0 Å². The van der Waals surface area contributed by atoms with Gasteiger partial charge in [-0.25, -0.2) is 0 Å². The largest absolute Gasteiger partial charge is 0.376 e. The molecule has 3 aromatic rings. The minimum atomic E-state index is -0.985. The minimum absolute atomic E-state index is 0.391. The van der Waals surface area contributed by atoms with Crippen molar-refractivity contribution in [3.05, 3.63) is 71.4 Å². The molecule has 1 fully saturated rings. The first kappa shape index (κ1) is 18.3. The zero-order chi connectivity index (χ0) is 19.3. The van der Waals surface area contributed by atoms with Crippen molar-refractivity contribution in [1.29, 1.82) is 0 Å². The van der Waals surface area contributed by atoms with E-state index in [0.717, 1.165) is 18.4 Å². The molecule has 1 aromatic heterocycles. The number of nitrogens with one attached hydrogen (secondary N) is 2. The number of aromatic amines is 1. The van der Waals surface area contributed by atoms with E-state index >= 15 is 0 Å². The Morgan fingerprint density at radius 2 is 1.74 bits per heavy atom. The molecule has 2 heterocycles. The molecule has 0 amide bonds. The number of aliphatic hydroxyl groups is 1. The zero-order valence-corrected chi connectivity index (χ0v) is 16.3. The first-order valence-electron chi connectivity index (χ1n) is 9.66. The van der Waals surface area contributed by atoms with E-state index in [0.29, 0.717) is 6.42 Å². The van der Waals surface area contributed by atoms with Crippen molar-refractivity contribution in [1.82, 2.24) is 10.3 Å². The van der Waals surface area contributed by atoms with E-state index < -0.39 is 16.6 Å². The lowest BCUT2D eigenvalue weighted by Gasteiger charge is -2.38. The molecule has 0 bridgehead atoms. The summed E-state index contributed by atoms with van der Waals surface area (Å²) >= 11 is 0. The Hall–Kier alpha value is -2.04. The van der Waals surface area contributed by atoms with Crippen LogP contribution in [0.15, 0.2) is 54.7 Å². The van der Waals surface area contributed by atoms with Crippen LogP contribution in [0.25, 0.3) is 10.9 Å². The number of aryl methyl sites for hydroxylation is 2. The third-order valence-corrected chi connectivity index (χ3v) is 6.29. The third-order valence-electron chi connectivity index (χ3n) is 6.29. The molecule has 1 saturated heterocycles. The fourth-order valence-corrected chi connectivity index (χ4v) is 4.82. The average Bonchev–Trinajstić information content (AvgIpc) is 3.11. The third kappa shape index (κ3) is 3.11. The predicted molar refractivity (Wildman–Crippen MR) is 112 cm³/mol. The summed E-state index contributed by atoms with van der Waals surface area (Å²) in [7, 11) is 6.64. The van der Waals surface area contributed by atoms with Crippen LogP contribution in [0.4, 0.5) is 0 Å². The number of aromatic nitrogens is 1. The highest BCUT2D eigenvalue weighted by Crippen LogP contribution is 2.48. The van der Waals surface area contributed by atoms with Gasteiger partial charge in [0.2, 0.25) is 0 Å². The summed E-state index contributed by atoms with van der Waals surface area (Å²) < 4.78 is 0. The summed E-state index contributed by atoms with van der Waals surface area (Å²) in [6.45, 7) is 5.92. The number of benzene rings is 2. The maximum Gasteiger partial charge on any atom is 0.113 e. The fourth-order valence-electron chi connectivity index (χ4n) is 4.82. The average molecular weight is 358 g/mol. The van der Waals surface area contributed by atoms with Gasteiger partial charge in [0.15, 0.2) is 0 Å². The lowest BCUT2D eigenvalue weighted by atomic mass is 9.58. The molecule has 0 aliphatic carbocycles. The maximum atomic E-state index is 10.7. The quantitative estimate of drug-likeness (QED) is 0.622. The number of fused-ring (bicyclic) bond motifs is 1. The molecule has 4 rings (SSSR count). The summed E-state index contributed by atoms with van der Waals surface area (Å²) in [5, 5.41) is 15.1. The maximum absolute atomic E-state index is 10.7. The Kier molecular flexibility index (Phi) is 4.24. The molecule has 4 heteroatoms. The molecule has 1 aliphatic heterocycles. The first-order valence-corrected chi connectivity index (χ1v) is 9.66. The molecule has 2 radical (unpaired) electrons. The van der Waals surface area contributed by atoms with Crippen LogP contribution in [-0.2, 0) is 18.3 Å². The first-order chi connectivity index (χ1) is 12.7. The molecule has 3 unspecified atom stereocenters. The molecular formula is C23H27BN2O.